The molecule has 0 spiro atoms. The Morgan fingerprint density at radius 1 is 1.04 bits per heavy atom. The molecule has 110 valence electrons. The van der Waals surface area contributed by atoms with Crippen molar-refractivity contribution in [3.8, 4) is 12.1 Å². The largest absolute Gasteiger partial charge is 0.343 e. The molecule has 0 aliphatic carbocycles. The molecule has 0 N–H and O–H groups in total. The maximum absolute atomic E-state index is 8.84. The first-order chi connectivity index (χ1) is 11.2. The number of nitriles is 2. The fourth-order valence-electron chi connectivity index (χ4n) is 2.59. The van der Waals surface area contributed by atoms with Gasteiger partial charge < -0.3 is 4.57 Å². The summed E-state index contributed by atoms with van der Waals surface area (Å²) in [5.74, 6) is 0. The molecule has 0 saturated carbocycles. The number of fused-ring (bicyclic) bond motifs is 1. The van der Waals surface area contributed by atoms with Crippen LogP contribution < -0.4 is 0 Å². The molecule has 0 aliphatic heterocycles. The maximum atomic E-state index is 8.84. The lowest BCUT2D eigenvalue weighted by molar-refractivity contribution is 0.836. The van der Waals surface area contributed by atoms with Gasteiger partial charge in [0.15, 0.2) is 0 Å². The van der Waals surface area contributed by atoms with E-state index in [0.29, 0.717) is 0 Å². The van der Waals surface area contributed by atoms with Gasteiger partial charge in [-0.3, -0.25) is 0 Å². The van der Waals surface area contributed by atoms with Crippen molar-refractivity contribution in [3.05, 3.63) is 77.0 Å². The molecule has 0 atom stereocenters. The van der Waals surface area contributed by atoms with Gasteiger partial charge in [-0.05, 0) is 42.3 Å². The smallest absolute Gasteiger partial charge is 0.130 e. The van der Waals surface area contributed by atoms with Gasteiger partial charge in [0.2, 0.25) is 0 Å². The predicted octanol–water partition coefficient (Wildman–Crippen LogP) is 4.43. The highest BCUT2D eigenvalue weighted by molar-refractivity contribution is 5.83. The summed E-state index contributed by atoms with van der Waals surface area (Å²) >= 11 is 0. The topological polar surface area (TPSA) is 52.5 Å². The Hall–Kier alpha value is -3.30. The Kier molecular flexibility index (Phi) is 3.95. The van der Waals surface area contributed by atoms with Gasteiger partial charge in [-0.2, -0.15) is 10.5 Å². The lowest BCUT2D eigenvalue weighted by Crippen LogP contribution is -1.97. The van der Waals surface area contributed by atoms with Crippen LogP contribution >= 0.6 is 0 Å². The number of aryl methyl sites for hydroxylation is 1. The monoisotopic (exact) mass is 297 g/mol. The first-order valence-corrected chi connectivity index (χ1v) is 7.36. The van der Waals surface area contributed by atoms with E-state index in [-0.39, 0.29) is 5.57 Å². The highest BCUT2D eigenvalue weighted by Gasteiger charge is 2.03. The number of hydrogen-bond donors (Lipinski definition) is 0. The lowest BCUT2D eigenvalue weighted by Gasteiger charge is -2.06. The Labute approximate surface area is 135 Å². The minimum Gasteiger partial charge on any atom is -0.343 e. The van der Waals surface area contributed by atoms with Crippen molar-refractivity contribution in [2.75, 3.05) is 0 Å². The molecule has 3 aromatic rings. The van der Waals surface area contributed by atoms with Gasteiger partial charge in [-0.15, -0.1) is 0 Å². The zero-order chi connectivity index (χ0) is 16.2. The van der Waals surface area contributed by atoms with Crippen molar-refractivity contribution in [1.29, 1.82) is 10.5 Å². The molecule has 0 unspecified atom stereocenters. The van der Waals surface area contributed by atoms with E-state index in [9.17, 15) is 0 Å². The summed E-state index contributed by atoms with van der Waals surface area (Å²) in [5.41, 5.74) is 4.63. The SMILES string of the molecule is Cc1ccc(Cn2ccc3cc(C=C(C#N)C#N)ccc32)cc1. The molecular formula is C20H15N3. The van der Waals surface area contributed by atoms with E-state index in [1.165, 1.54) is 11.1 Å². The summed E-state index contributed by atoms with van der Waals surface area (Å²) in [6.07, 6.45) is 3.67. The number of allylic oxidation sites excluding steroid dienone is 1. The molecule has 0 aliphatic rings. The number of aromatic nitrogens is 1. The van der Waals surface area contributed by atoms with Crippen LogP contribution in [0.25, 0.3) is 17.0 Å². The summed E-state index contributed by atoms with van der Waals surface area (Å²) in [7, 11) is 0. The van der Waals surface area contributed by atoms with Gasteiger partial charge in [0.25, 0.3) is 0 Å². The van der Waals surface area contributed by atoms with Crippen molar-refractivity contribution in [2.24, 2.45) is 0 Å². The molecular weight excluding hydrogens is 282 g/mol. The van der Waals surface area contributed by atoms with Crippen LogP contribution in [0.15, 0.2) is 60.3 Å². The summed E-state index contributed by atoms with van der Waals surface area (Å²) in [6.45, 7) is 2.90. The first kappa shape index (κ1) is 14.6. The number of hydrogen-bond acceptors (Lipinski definition) is 2. The zero-order valence-electron chi connectivity index (χ0n) is 12.8. The number of nitrogens with zero attached hydrogens (tertiary/aromatic N) is 3. The fraction of sp³-hybridized carbons (Fsp3) is 0.100. The van der Waals surface area contributed by atoms with Crippen LogP contribution in [0.1, 0.15) is 16.7 Å². The molecule has 1 aromatic heterocycles. The van der Waals surface area contributed by atoms with Gasteiger partial charge in [0, 0.05) is 23.6 Å². The Balaban J connectivity index is 1.93. The molecule has 3 heteroatoms. The lowest BCUT2D eigenvalue weighted by atomic mass is 10.1. The van der Waals surface area contributed by atoms with Crippen molar-refractivity contribution < 1.29 is 0 Å². The first-order valence-electron chi connectivity index (χ1n) is 7.36. The zero-order valence-corrected chi connectivity index (χ0v) is 12.8. The average molecular weight is 297 g/mol. The van der Waals surface area contributed by atoms with Gasteiger partial charge in [0.1, 0.15) is 17.7 Å². The molecule has 1 heterocycles. The van der Waals surface area contributed by atoms with Gasteiger partial charge in [-0.1, -0.05) is 35.9 Å². The summed E-state index contributed by atoms with van der Waals surface area (Å²) in [5, 5.41) is 18.8. The van der Waals surface area contributed by atoms with Gasteiger partial charge in [-0.25, -0.2) is 0 Å². The van der Waals surface area contributed by atoms with E-state index in [0.717, 1.165) is 23.0 Å². The molecule has 3 rings (SSSR count). The minimum absolute atomic E-state index is 0.114. The van der Waals surface area contributed by atoms with E-state index in [4.69, 9.17) is 10.5 Å². The molecule has 0 amide bonds. The summed E-state index contributed by atoms with van der Waals surface area (Å²) < 4.78 is 2.20. The Morgan fingerprint density at radius 3 is 2.48 bits per heavy atom. The predicted molar refractivity (Wildman–Crippen MR) is 91.4 cm³/mol. The van der Waals surface area contributed by atoms with Gasteiger partial charge in [0.05, 0.1) is 0 Å². The Morgan fingerprint density at radius 2 is 1.78 bits per heavy atom. The van der Waals surface area contributed by atoms with E-state index >= 15 is 0 Å². The van der Waals surface area contributed by atoms with Crippen LogP contribution in [-0.2, 0) is 6.54 Å². The van der Waals surface area contributed by atoms with Crippen LogP contribution in [0, 0.1) is 29.6 Å². The minimum atomic E-state index is 0.114. The third-order valence-electron chi connectivity index (χ3n) is 3.82. The van der Waals surface area contributed by atoms with Crippen LogP contribution in [0.4, 0.5) is 0 Å². The van der Waals surface area contributed by atoms with E-state index in [2.05, 4.69) is 48.0 Å². The van der Waals surface area contributed by atoms with Crippen molar-refractivity contribution in [1.82, 2.24) is 4.57 Å². The van der Waals surface area contributed by atoms with Crippen LogP contribution in [-0.4, -0.2) is 4.57 Å². The van der Waals surface area contributed by atoms with Crippen LogP contribution in [0.3, 0.4) is 0 Å². The molecule has 3 nitrogen and oxygen atoms in total. The van der Waals surface area contributed by atoms with Crippen LogP contribution in [0.5, 0.6) is 0 Å². The second-order valence-corrected chi connectivity index (χ2v) is 5.53. The summed E-state index contributed by atoms with van der Waals surface area (Å²) in [4.78, 5) is 0. The van der Waals surface area contributed by atoms with Gasteiger partial charge >= 0.3 is 0 Å². The highest BCUT2D eigenvalue weighted by Crippen LogP contribution is 2.20. The van der Waals surface area contributed by atoms with E-state index in [1.807, 2.05) is 30.3 Å². The molecule has 0 saturated heterocycles. The van der Waals surface area contributed by atoms with E-state index < -0.39 is 0 Å². The average Bonchev–Trinajstić information content (AvgIpc) is 2.97. The molecule has 0 bridgehead atoms. The summed E-state index contributed by atoms with van der Waals surface area (Å²) in [6, 6.07) is 20.3. The third-order valence-corrected chi connectivity index (χ3v) is 3.82. The van der Waals surface area contributed by atoms with Crippen LogP contribution in [0.2, 0.25) is 0 Å². The molecule has 2 aromatic carbocycles. The second-order valence-electron chi connectivity index (χ2n) is 5.53. The standard InChI is InChI=1S/C20H15N3/c1-15-2-4-16(5-3-15)14-23-9-8-19-11-17(6-7-20(19)23)10-18(12-21)13-22/h2-11H,14H2,1H3. The molecule has 0 radical (unpaired) electrons. The molecule has 0 fully saturated rings. The van der Waals surface area contributed by atoms with Crippen molar-refractivity contribution in [2.45, 2.75) is 13.5 Å². The number of benzene rings is 2. The third kappa shape index (κ3) is 3.15. The maximum Gasteiger partial charge on any atom is 0.130 e. The molecule has 23 heavy (non-hydrogen) atoms. The van der Waals surface area contributed by atoms with E-state index in [1.54, 1.807) is 6.08 Å². The van der Waals surface area contributed by atoms with Crippen molar-refractivity contribution >= 4 is 17.0 Å². The van der Waals surface area contributed by atoms with Crippen molar-refractivity contribution in [3.63, 3.8) is 0 Å². The highest BCUT2D eigenvalue weighted by atomic mass is 14.9. The second kappa shape index (κ2) is 6.22. The number of rotatable bonds is 3. The normalized spacial score (nSPS) is 10.0. The quantitative estimate of drug-likeness (QED) is 0.671. The fourth-order valence-corrected chi connectivity index (χ4v) is 2.59. The Bertz CT molecular complexity index is 945.